The molecule has 104 valence electrons. The molecule has 1 rings (SSSR count). The third kappa shape index (κ3) is 5.87. The first kappa shape index (κ1) is 15.0. The Hall–Kier alpha value is -2.08. The van der Waals surface area contributed by atoms with Gasteiger partial charge in [0.25, 0.3) is 5.69 Å². The summed E-state index contributed by atoms with van der Waals surface area (Å²) in [6, 6.07) is 5.92. The maximum atomic E-state index is 10.5. The van der Waals surface area contributed by atoms with E-state index < -0.39 is 4.92 Å². The molecule has 0 radical (unpaired) electrons. The largest absolute Gasteiger partial charge is 0.383 e. The van der Waals surface area contributed by atoms with Gasteiger partial charge < -0.3 is 9.74 Å². The topological polar surface area (TPSA) is 67.6 Å². The molecule has 0 saturated heterocycles. The number of hydrogen-bond donors (Lipinski definition) is 1. The fraction of sp³-hybridized carbons (Fsp3) is 0.385. The van der Waals surface area contributed by atoms with Gasteiger partial charge in [-0.3, -0.25) is 10.1 Å². The van der Waals surface area contributed by atoms with Gasteiger partial charge in [-0.1, -0.05) is 6.08 Å². The van der Waals surface area contributed by atoms with Gasteiger partial charge in [0.15, 0.2) is 5.75 Å². The fourth-order valence-electron chi connectivity index (χ4n) is 1.36. The molecule has 0 fully saturated rings. The van der Waals surface area contributed by atoms with Crippen LogP contribution >= 0.6 is 0 Å². The Morgan fingerprint density at radius 1 is 1.42 bits per heavy atom. The van der Waals surface area contributed by atoms with Crippen LogP contribution in [-0.4, -0.2) is 30.5 Å². The normalized spacial score (nSPS) is 11.5. The van der Waals surface area contributed by atoms with Crippen LogP contribution in [0.3, 0.4) is 0 Å². The molecule has 0 aliphatic heterocycles. The summed E-state index contributed by atoms with van der Waals surface area (Å²) in [6.45, 7) is 2.87. The standard InChI is InChI=1S/C13H19N3O3/c1-11(5-4-10-15(2)3)14-19-13-8-6-12(7-9-13)16(17)18/h5-9,14H,4,10H2,1-3H3. The van der Waals surface area contributed by atoms with Gasteiger partial charge in [0.1, 0.15) is 0 Å². The lowest BCUT2D eigenvalue weighted by atomic mass is 10.3. The third-order valence-electron chi connectivity index (χ3n) is 2.40. The van der Waals surface area contributed by atoms with E-state index in [2.05, 4.69) is 10.4 Å². The molecule has 0 aliphatic carbocycles. The summed E-state index contributed by atoms with van der Waals surface area (Å²) >= 11 is 0. The Morgan fingerprint density at radius 2 is 2.05 bits per heavy atom. The van der Waals surface area contributed by atoms with Crippen LogP contribution in [0.25, 0.3) is 0 Å². The highest BCUT2D eigenvalue weighted by molar-refractivity contribution is 5.35. The summed E-state index contributed by atoms with van der Waals surface area (Å²) in [6.07, 6.45) is 2.96. The Morgan fingerprint density at radius 3 is 2.58 bits per heavy atom. The second-order valence-electron chi connectivity index (χ2n) is 4.43. The highest BCUT2D eigenvalue weighted by Crippen LogP contribution is 2.16. The van der Waals surface area contributed by atoms with Gasteiger partial charge in [-0.25, -0.2) is 5.48 Å². The van der Waals surface area contributed by atoms with Gasteiger partial charge in [0.2, 0.25) is 0 Å². The molecule has 0 aliphatic rings. The lowest BCUT2D eigenvalue weighted by Gasteiger charge is -2.10. The highest BCUT2D eigenvalue weighted by Gasteiger charge is 2.04. The number of nitrogens with one attached hydrogen (secondary N) is 1. The van der Waals surface area contributed by atoms with Crippen molar-refractivity contribution in [3.63, 3.8) is 0 Å². The first-order valence-electron chi connectivity index (χ1n) is 5.98. The Kier molecular flexibility index (Phi) is 5.81. The van der Waals surface area contributed by atoms with Gasteiger partial charge >= 0.3 is 0 Å². The summed E-state index contributed by atoms with van der Waals surface area (Å²) in [4.78, 5) is 17.5. The molecule has 1 aromatic rings. The van der Waals surface area contributed by atoms with E-state index >= 15 is 0 Å². The molecule has 1 N–H and O–H groups in total. The average Bonchev–Trinajstić information content (AvgIpc) is 2.36. The van der Waals surface area contributed by atoms with E-state index in [1.807, 2.05) is 27.1 Å². The summed E-state index contributed by atoms with van der Waals surface area (Å²) in [5.41, 5.74) is 3.74. The summed E-state index contributed by atoms with van der Waals surface area (Å²) in [5, 5.41) is 10.5. The molecule has 19 heavy (non-hydrogen) atoms. The van der Waals surface area contributed by atoms with Crippen molar-refractivity contribution < 1.29 is 9.76 Å². The van der Waals surface area contributed by atoms with E-state index in [-0.39, 0.29) is 5.69 Å². The maximum Gasteiger partial charge on any atom is 0.269 e. The van der Waals surface area contributed by atoms with E-state index in [0.29, 0.717) is 5.75 Å². The molecule has 0 atom stereocenters. The monoisotopic (exact) mass is 265 g/mol. The number of hydrogen-bond acceptors (Lipinski definition) is 5. The molecule has 0 spiro atoms. The average molecular weight is 265 g/mol. The molecule has 0 aromatic heterocycles. The molecule has 6 nitrogen and oxygen atoms in total. The van der Waals surface area contributed by atoms with Crippen molar-refractivity contribution in [2.45, 2.75) is 13.3 Å². The van der Waals surface area contributed by atoms with Crippen LogP contribution in [0.15, 0.2) is 36.0 Å². The van der Waals surface area contributed by atoms with Crippen LogP contribution in [0, 0.1) is 10.1 Å². The minimum absolute atomic E-state index is 0.0468. The molecule has 6 heteroatoms. The molecule has 0 bridgehead atoms. The maximum absolute atomic E-state index is 10.5. The molecular weight excluding hydrogens is 246 g/mol. The number of nitrogens with zero attached hydrogens (tertiary/aromatic N) is 2. The number of non-ortho nitro benzene ring substituents is 1. The summed E-state index contributed by atoms with van der Waals surface area (Å²) in [7, 11) is 4.04. The first-order chi connectivity index (χ1) is 8.99. The number of benzene rings is 1. The van der Waals surface area contributed by atoms with Crippen molar-refractivity contribution in [1.29, 1.82) is 0 Å². The van der Waals surface area contributed by atoms with Gasteiger partial charge in [-0.2, -0.15) is 0 Å². The number of nitro groups is 1. The Bertz CT molecular complexity index is 441. The van der Waals surface area contributed by atoms with Crippen LogP contribution < -0.4 is 10.3 Å². The van der Waals surface area contributed by atoms with Crippen molar-refractivity contribution in [2.24, 2.45) is 0 Å². The fourth-order valence-corrected chi connectivity index (χ4v) is 1.36. The zero-order valence-corrected chi connectivity index (χ0v) is 11.4. The van der Waals surface area contributed by atoms with E-state index in [9.17, 15) is 10.1 Å². The lowest BCUT2D eigenvalue weighted by molar-refractivity contribution is -0.384. The van der Waals surface area contributed by atoms with Crippen molar-refractivity contribution in [1.82, 2.24) is 10.4 Å². The van der Waals surface area contributed by atoms with Crippen molar-refractivity contribution in [2.75, 3.05) is 20.6 Å². The van der Waals surface area contributed by atoms with Gasteiger partial charge in [0, 0.05) is 24.4 Å². The third-order valence-corrected chi connectivity index (χ3v) is 2.40. The van der Waals surface area contributed by atoms with Gasteiger partial charge in [0.05, 0.1) is 4.92 Å². The van der Waals surface area contributed by atoms with E-state index in [0.717, 1.165) is 18.7 Å². The van der Waals surface area contributed by atoms with Gasteiger partial charge in [-0.15, -0.1) is 0 Å². The predicted molar refractivity (Wildman–Crippen MR) is 73.8 cm³/mol. The molecule has 0 saturated carbocycles. The first-order valence-corrected chi connectivity index (χ1v) is 5.98. The second kappa shape index (κ2) is 7.38. The lowest BCUT2D eigenvalue weighted by Crippen LogP contribution is -2.17. The zero-order chi connectivity index (χ0) is 14.3. The number of nitro benzene ring substituents is 1. The van der Waals surface area contributed by atoms with Gasteiger partial charge in [-0.05, 0) is 39.6 Å². The van der Waals surface area contributed by atoms with Crippen molar-refractivity contribution >= 4 is 5.69 Å². The van der Waals surface area contributed by atoms with E-state index in [1.54, 1.807) is 12.1 Å². The van der Waals surface area contributed by atoms with Crippen LogP contribution in [0.5, 0.6) is 5.75 Å². The number of allylic oxidation sites excluding steroid dienone is 1. The quantitative estimate of drug-likeness (QED) is 0.605. The molecule has 0 amide bonds. The zero-order valence-electron chi connectivity index (χ0n) is 11.4. The Labute approximate surface area is 112 Å². The highest BCUT2D eigenvalue weighted by atomic mass is 16.6. The van der Waals surface area contributed by atoms with Crippen LogP contribution in [-0.2, 0) is 0 Å². The molecule has 1 aromatic carbocycles. The smallest absolute Gasteiger partial charge is 0.269 e. The summed E-state index contributed by atoms with van der Waals surface area (Å²) < 4.78 is 0. The van der Waals surface area contributed by atoms with Crippen molar-refractivity contribution in [3.05, 3.63) is 46.2 Å². The minimum Gasteiger partial charge on any atom is -0.383 e. The van der Waals surface area contributed by atoms with Crippen molar-refractivity contribution in [3.8, 4) is 5.75 Å². The predicted octanol–water partition coefficient (Wildman–Crippen LogP) is 2.33. The minimum atomic E-state index is -0.441. The van der Waals surface area contributed by atoms with E-state index in [4.69, 9.17) is 4.84 Å². The number of hydroxylamine groups is 1. The van der Waals surface area contributed by atoms with E-state index in [1.165, 1.54) is 12.1 Å². The molecule has 0 unspecified atom stereocenters. The second-order valence-corrected chi connectivity index (χ2v) is 4.43. The molecular formula is C13H19N3O3. The van der Waals surface area contributed by atoms with Crippen LogP contribution in [0.1, 0.15) is 13.3 Å². The number of rotatable bonds is 7. The van der Waals surface area contributed by atoms with Crippen LogP contribution in [0.4, 0.5) is 5.69 Å². The Balaban J connectivity index is 2.41. The molecule has 0 heterocycles. The summed E-state index contributed by atoms with van der Waals surface area (Å²) in [5.74, 6) is 0.533. The SMILES string of the molecule is CC(=CCCN(C)C)NOc1ccc([N+](=O)[O-])cc1. The van der Waals surface area contributed by atoms with Crippen LogP contribution in [0.2, 0.25) is 0 Å².